The lowest BCUT2D eigenvalue weighted by Crippen LogP contribution is -2.39. The van der Waals surface area contributed by atoms with E-state index in [-0.39, 0.29) is 0 Å². The number of rotatable bonds is 9. The zero-order chi connectivity index (χ0) is 17.4. The van der Waals surface area contributed by atoms with Gasteiger partial charge in [0.2, 0.25) is 0 Å². The van der Waals surface area contributed by atoms with Gasteiger partial charge in [0.05, 0.1) is 13.2 Å². The van der Waals surface area contributed by atoms with E-state index in [0.717, 1.165) is 29.7 Å². The van der Waals surface area contributed by atoms with E-state index in [9.17, 15) is 0 Å². The molecule has 1 aromatic rings. The van der Waals surface area contributed by atoms with Crippen molar-refractivity contribution >= 4 is 5.96 Å². The van der Waals surface area contributed by atoms with Crippen LogP contribution < -0.4 is 15.4 Å². The monoisotopic (exact) mass is 333 g/mol. The summed E-state index contributed by atoms with van der Waals surface area (Å²) in [4.78, 5) is 4.72. The molecule has 0 radical (unpaired) electrons. The number of aryl methyl sites for hydroxylation is 1. The summed E-state index contributed by atoms with van der Waals surface area (Å²) in [7, 11) is 0. The highest BCUT2D eigenvalue weighted by atomic mass is 16.5. The number of ether oxygens (including phenoxy) is 2. The molecule has 1 saturated carbocycles. The molecule has 2 rings (SSSR count). The second kappa shape index (κ2) is 9.52. The summed E-state index contributed by atoms with van der Waals surface area (Å²) in [6.07, 6.45) is 1.22. The second-order valence-electron chi connectivity index (χ2n) is 6.32. The highest BCUT2D eigenvalue weighted by Crippen LogP contribution is 2.28. The SMILES string of the molecule is CCNC(=NCc1ccc(C)cc1OCCOCC)NC1CC1C. The first kappa shape index (κ1) is 18.6. The quantitative estimate of drug-likeness (QED) is 0.414. The van der Waals surface area contributed by atoms with Crippen molar-refractivity contribution in [2.45, 2.75) is 46.7 Å². The summed E-state index contributed by atoms with van der Waals surface area (Å²) >= 11 is 0. The Morgan fingerprint density at radius 3 is 2.75 bits per heavy atom. The average molecular weight is 333 g/mol. The molecule has 2 N–H and O–H groups in total. The molecule has 24 heavy (non-hydrogen) atoms. The lowest BCUT2D eigenvalue weighted by Gasteiger charge is -2.13. The molecule has 2 atom stereocenters. The fourth-order valence-electron chi connectivity index (χ4n) is 2.46. The molecule has 0 aromatic heterocycles. The number of nitrogens with zero attached hydrogens (tertiary/aromatic N) is 1. The van der Waals surface area contributed by atoms with Crippen LogP contribution in [-0.4, -0.2) is 38.4 Å². The van der Waals surface area contributed by atoms with Crippen molar-refractivity contribution in [3.05, 3.63) is 29.3 Å². The Bertz CT molecular complexity index is 545. The van der Waals surface area contributed by atoms with Crippen LogP contribution in [0.15, 0.2) is 23.2 Å². The Morgan fingerprint density at radius 1 is 1.29 bits per heavy atom. The molecule has 0 aliphatic heterocycles. The minimum atomic E-state index is 0.558. The molecule has 0 bridgehead atoms. The first-order chi connectivity index (χ1) is 11.6. The zero-order valence-corrected chi connectivity index (χ0v) is 15.4. The van der Waals surface area contributed by atoms with Crippen LogP contribution >= 0.6 is 0 Å². The van der Waals surface area contributed by atoms with Crippen molar-refractivity contribution in [1.29, 1.82) is 0 Å². The van der Waals surface area contributed by atoms with E-state index in [0.29, 0.717) is 32.4 Å². The average Bonchev–Trinajstić information content (AvgIpc) is 3.25. The number of benzene rings is 1. The molecule has 1 fully saturated rings. The molecule has 5 heteroatoms. The van der Waals surface area contributed by atoms with Gasteiger partial charge < -0.3 is 20.1 Å². The third kappa shape index (κ3) is 6.04. The van der Waals surface area contributed by atoms with Crippen molar-refractivity contribution in [2.75, 3.05) is 26.4 Å². The van der Waals surface area contributed by atoms with Gasteiger partial charge in [-0.15, -0.1) is 0 Å². The van der Waals surface area contributed by atoms with Crippen LogP contribution in [0.4, 0.5) is 0 Å². The number of hydrogen-bond acceptors (Lipinski definition) is 3. The van der Waals surface area contributed by atoms with Gasteiger partial charge in [0.15, 0.2) is 5.96 Å². The number of hydrogen-bond donors (Lipinski definition) is 2. The second-order valence-corrected chi connectivity index (χ2v) is 6.32. The predicted octanol–water partition coefficient (Wildman–Crippen LogP) is 2.87. The molecule has 2 unspecified atom stereocenters. The molecule has 134 valence electrons. The molecule has 0 amide bonds. The van der Waals surface area contributed by atoms with Crippen LogP contribution in [0.3, 0.4) is 0 Å². The van der Waals surface area contributed by atoms with Crippen molar-refractivity contribution in [3.8, 4) is 5.75 Å². The topological polar surface area (TPSA) is 54.9 Å². The Labute approximate surface area is 145 Å². The molecular formula is C19H31N3O2. The normalized spacial score (nSPS) is 19.9. The van der Waals surface area contributed by atoms with E-state index in [2.05, 4.69) is 49.6 Å². The van der Waals surface area contributed by atoms with Crippen LogP contribution in [0.5, 0.6) is 5.75 Å². The molecule has 5 nitrogen and oxygen atoms in total. The highest BCUT2D eigenvalue weighted by molar-refractivity contribution is 5.80. The standard InChI is InChI=1S/C19H31N3O2/c1-5-20-19(22-17-12-15(17)4)21-13-16-8-7-14(3)11-18(16)24-10-9-23-6-2/h7-8,11,15,17H,5-6,9-10,12-13H2,1-4H3,(H2,20,21,22). The lowest BCUT2D eigenvalue weighted by atomic mass is 10.1. The third-order valence-electron chi connectivity index (χ3n) is 4.10. The van der Waals surface area contributed by atoms with Crippen molar-refractivity contribution < 1.29 is 9.47 Å². The molecule has 1 aliphatic carbocycles. The first-order valence-corrected chi connectivity index (χ1v) is 8.99. The first-order valence-electron chi connectivity index (χ1n) is 8.99. The van der Waals surface area contributed by atoms with Crippen LogP contribution in [0.25, 0.3) is 0 Å². The van der Waals surface area contributed by atoms with Gasteiger partial charge in [-0.2, -0.15) is 0 Å². The summed E-state index contributed by atoms with van der Waals surface area (Å²) in [5, 5.41) is 6.79. The maximum atomic E-state index is 5.89. The number of aliphatic imine (C=N–C) groups is 1. The van der Waals surface area contributed by atoms with Crippen LogP contribution in [-0.2, 0) is 11.3 Å². The lowest BCUT2D eigenvalue weighted by molar-refractivity contribution is 0.110. The summed E-state index contributed by atoms with van der Waals surface area (Å²) in [6, 6.07) is 6.82. The minimum Gasteiger partial charge on any atom is -0.491 e. The Hall–Kier alpha value is -1.75. The summed E-state index contributed by atoms with van der Waals surface area (Å²) in [6.45, 7) is 11.7. The van der Waals surface area contributed by atoms with E-state index in [1.54, 1.807) is 0 Å². The number of nitrogens with one attached hydrogen (secondary N) is 2. The van der Waals surface area contributed by atoms with Gasteiger partial charge in [0, 0.05) is 24.8 Å². The molecular weight excluding hydrogens is 302 g/mol. The fraction of sp³-hybridized carbons (Fsp3) is 0.632. The van der Waals surface area contributed by atoms with Gasteiger partial charge in [-0.3, -0.25) is 0 Å². The minimum absolute atomic E-state index is 0.558. The highest BCUT2D eigenvalue weighted by Gasteiger charge is 2.33. The van der Waals surface area contributed by atoms with E-state index in [1.807, 2.05) is 6.92 Å². The maximum Gasteiger partial charge on any atom is 0.191 e. The van der Waals surface area contributed by atoms with E-state index < -0.39 is 0 Å². The summed E-state index contributed by atoms with van der Waals surface area (Å²) in [5.74, 6) is 2.52. The number of guanidine groups is 1. The largest absolute Gasteiger partial charge is 0.491 e. The smallest absolute Gasteiger partial charge is 0.191 e. The molecule has 1 aromatic carbocycles. The Kier molecular flexibility index (Phi) is 7.37. The van der Waals surface area contributed by atoms with E-state index >= 15 is 0 Å². The van der Waals surface area contributed by atoms with E-state index in [4.69, 9.17) is 14.5 Å². The summed E-state index contributed by atoms with van der Waals surface area (Å²) in [5.41, 5.74) is 2.28. The van der Waals surface area contributed by atoms with Crippen molar-refractivity contribution in [1.82, 2.24) is 10.6 Å². The third-order valence-corrected chi connectivity index (χ3v) is 4.10. The maximum absolute atomic E-state index is 5.89. The van der Waals surface area contributed by atoms with Gasteiger partial charge in [0.25, 0.3) is 0 Å². The van der Waals surface area contributed by atoms with Crippen LogP contribution in [0, 0.1) is 12.8 Å². The van der Waals surface area contributed by atoms with Gasteiger partial charge >= 0.3 is 0 Å². The van der Waals surface area contributed by atoms with Gasteiger partial charge in [0.1, 0.15) is 12.4 Å². The van der Waals surface area contributed by atoms with Crippen molar-refractivity contribution in [2.24, 2.45) is 10.9 Å². The van der Waals surface area contributed by atoms with E-state index in [1.165, 1.54) is 12.0 Å². The zero-order valence-electron chi connectivity index (χ0n) is 15.4. The van der Waals surface area contributed by atoms with Gasteiger partial charge in [-0.1, -0.05) is 19.1 Å². The molecule has 0 spiro atoms. The molecule has 0 saturated heterocycles. The van der Waals surface area contributed by atoms with Gasteiger partial charge in [-0.05, 0) is 44.7 Å². The van der Waals surface area contributed by atoms with Crippen molar-refractivity contribution in [3.63, 3.8) is 0 Å². The molecule has 1 aliphatic rings. The Balaban J connectivity index is 1.99. The fourth-order valence-corrected chi connectivity index (χ4v) is 2.46. The predicted molar refractivity (Wildman–Crippen MR) is 98.7 cm³/mol. The van der Waals surface area contributed by atoms with Crippen LogP contribution in [0.2, 0.25) is 0 Å². The summed E-state index contributed by atoms with van der Waals surface area (Å²) < 4.78 is 11.2. The van der Waals surface area contributed by atoms with Gasteiger partial charge in [-0.25, -0.2) is 4.99 Å². The molecule has 0 heterocycles. The van der Waals surface area contributed by atoms with Crippen LogP contribution in [0.1, 0.15) is 38.3 Å². The Morgan fingerprint density at radius 2 is 2.08 bits per heavy atom.